The topological polar surface area (TPSA) is 58.4 Å². The lowest BCUT2D eigenvalue weighted by Crippen LogP contribution is -2.42. The maximum absolute atomic E-state index is 12.6. The molecule has 2 atom stereocenters. The van der Waals surface area contributed by atoms with Crippen molar-refractivity contribution in [3.05, 3.63) is 48.5 Å². The van der Waals surface area contributed by atoms with Gasteiger partial charge in [0, 0.05) is 42.7 Å². The van der Waals surface area contributed by atoms with Crippen LogP contribution in [-0.4, -0.2) is 44.7 Å². The molecule has 1 amide bonds. The molecule has 22 heavy (non-hydrogen) atoms. The first-order chi connectivity index (χ1) is 10.6. The molecule has 2 aromatic rings. The first kappa shape index (κ1) is 14.8. The Bertz CT molecular complexity index is 620. The Balaban J connectivity index is 1.72. The molecule has 0 aliphatic carbocycles. The Kier molecular flexibility index (Phi) is 4.24. The summed E-state index contributed by atoms with van der Waals surface area (Å²) in [5.74, 6) is 0.227. The van der Waals surface area contributed by atoms with Gasteiger partial charge in [0.2, 0.25) is 0 Å². The minimum Gasteiger partial charge on any atom is -0.393 e. The van der Waals surface area contributed by atoms with Crippen LogP contribution in [0.15, 0.2) is 43.0 Å². The molecule has 1 aliphatic heterocycles. The monoisotopic (exact) mass is 299 g/mol. The maximum Gasteiger partial charge on any atom is 0.253 e. The Morgan fingerprint density at radius 2 is 2.14 bits per heavy atom. The van der Waals surface area contributed by atoms with Crippen molar-refractivity contribution in [2.45, 2.75) is 25.9 Å². The Hall–Kier alpha value is -2.14. The van der Waals surface area contributed by atoms with E-state index in [9.17, 15) is 9.90 Å². The number of benzene rings is 1. The second-order valence-corrected chi connectivity index (χ2v) is 5.91. The highest BCUT2D eigenvalue weighted by atomic mass is 16.3. The molecule has 0 radical (unpaired) electrons. The average molecular weight is 299 g/mol. The van der Waals surface area contributed by atoms with Crippen LogP contribution in [0.2, 0.25) is 0 Å². The third kappa shape index (κ3) is 3.04. The van der Waals surface area contributed by atoms with Crippen LogP contribution in [0.3, 0.4) is 0 Å². The van der Waals surface area contributed by atoms with Gasteiger partial charge in [-0.3, -0.25) is 4.79 Å². The van der Waals surface area contributed by atoms with E-state index in [1.165, 1.54) is 0 Å². The number of amides is 1. The Labute approximate surface area is 130 Å². The lowest BCUT2D eigenvalue weighted by atomic mass is 9.93. The zero-order valence-corrected chi connectivity index (χ0v) is 12.7. The van der Waals surface area contributed by atoms with Crippen LogP contribution in [0.25, 0.3) is 5.69 Å². The molecular weight excluding hydrogens is 278 g/mol. The number of hydrogen-bond acceptors (Lipinski definition) is 3. The number of carbonyl (C=O) groups is 1. The van der Waals surface area contributed by atoms with Crippen molar-refractivity contribution < 1.29 is 9.90 Å². The van der Waals surface area contributed by atoms with Crippen molar-refractivity contribution in [2.75, 3.05) is 13.1 Å². The van der Waals surface area contributed by atoms with Gasteiger partial charge in [-0.25, -0.2) is 4.98 Å². The molecule has 3 rings (SSSR count). The summed E-state index contributed by atoms with van der Waals surface area (Å²) in [5.41, 5.74) is 1.67. The van der Waals surface area contributed by atoms with Gasteiger partial charge < -0.3 is 14.6 Å². The molecular formula is C17H21N3O2. The summed E-state index contributed by atoms with van der Waals surface area (Å²) in [6, 6.07) is 7.54. The standard InChI is InChI=1S/C17H21N3O2/c1-13(21)15-3-2-9-19(11-15)17(22)14-4-6-16(7-5-14)20-10-8-18-12-20/h4-8,10,12-13,15,21H,2-3,9,11H2,1H3. The molecule has 0 saturated carbocycles. The molecule has 1 saturated heterocycles. The van der Waals surface area contributed by atoms with Crippen molar-refractivity contribution in [1.82, 2.24) is 14.5 Å². The minimum absolute atomic E-state index is 0.0440. The van der Waals surface area contributed by atoms with Gasteiger partial charge in [0.05, 0.1) is 12.4 Å². The number of imidazole rings is 1. The highest BCUT2D eigenvalue weighted by molar-refractivity contribution is 5.94. The van der Waals surface area contributed by atoms with Crippen LogP contribution in [0.1, 0.15) is 30.1 Å². The number of nitrogens with zero attached hydrogens (tertiary/aromatic N) is 3. The average Bonchev–Trinajstić information content (AvgIpc) is 3.09. The number of aliphatic hydroxyl groups excluding tert-OH is 1. The van der Waals surface area contributed by atoms with Crippen molar-refractivity contribution in [3.8, 4) is 5.69 Å². The summed E-state index contributed by atoms with van der Waals surface area (Å²) in [6.45, 7) is 3.21. The smallest absolute Gasteiger partial charge is 0.253 e. The van der Waals surface area contributed by atoms with E-state index in [2.05, 4.69) is 4.98 Å². The summed E-state index contributed by atoms with van der Waals surface area (Å²) in [6.07, 6.45) is 6.90. The SMILES string of the molecule is CC(O)C1CCCN(C(=O)c2ccc(-n3ccnc3)cc2)C1. The van der Waals surface area contributed by atoms with Gasteiger partial charge in [0.25, 0.3) is 5.91 Å². The first-order valence-electron chi connectivity index (χ1n) is 7.71. The van der Waals surface area contributed by atoms with E-state index in [0.29, 0.717) is 12.1 Å². The van der Waals surface area contributed by atoms with Gasteiger partial charge in [-0.15, -0.1) is 0 Å². The molecule has 0 spiro atoms. The number of hydrogen-bond donors (Lipinski definition) is 1. The lowest BCUT2D eigenvalue weighted by molar-refractivity contribution is 0.0466. The predicted molar refractivity (Wildman–Crippen MR) is 83.9 cm³/mol. The van der Waals surface area contributed by atoms with Crippen LogP contribution in [0, 0.1) is 5.92 Å². The molecule has 1 aromatic heterocycles. The summed E-state index contributed by atoms with van der Waals surface area (Å²) in [4.78, 5) is 18.5. The van der Waals surface area contributed by atoms with Crippen molar-refractivity contribution in [1.29, 1.82) is 0 Å². The molecule has 116 valence electrons. The number of rotatable bonds is 3. The Morgan fingerprint density at radius 3 is 2.77 bits per heavy atom. The molecule has 1 fully saturated rings. The highest BCUT2D eigenvalue weighted by Crippen LogP contribution is 2.21. The summed E-state index contributed by atoms with van der Waals surface area (Å²) >= 11 is 0. The van der Waals surface area contributed by atoms with Gasteiger partial charge in [0.1, 0.15) is 0 Å². The van der Waals surface area contributed by atoms with E-state index in [-0.39, 0.29) is 17.9 Å². The van der Waals surface area contributed by atoms with Gasteiger partial charge in [-0.1, -0.05) is 0 Å². The number of carbonyl (C=O) groups excluding carboxylic acids is 1. The van der Waals surface area contributed by atoms with E-state index in [1.54, 1.807) is 19.4 Å². The summed E-state index contributed by atoms with van der Waals surface area (Å²) in [7, 11) is 0. The van der Waals surface area contributed by atoms with E-state index in [4.69, 9.17) is 0 Å². The van der Waals surface area contributed by atoms with Crippen molar-refractivity contribution in [2.24, 2.45) is 5.92 Å². The molecule has 0 bridgehead atoms. The zero-order chi connectivity index (χ0) is 15.5. The second kappa shape index (κ2) is 6.32. The second-order valence-electron chi connectivity index (χ2n) is 5.91. The summed E-state index contributed by atoms with van der Waals surface area (Å²) < 4.78 is 1.90. The highest BCUT2D eigenvalue weighted by Gasteiger charge is 2.26. The zero-order valence-electron chi connectivity index (χ0n) is 12.7. The maximum atomic E-state index is 12.6. The van der Waals surface area contributed by atoms with Crippen LogP contribution in [0.4, 0.5) is 0 Å². The molecule has 5 nitrogen and oxygen atoms in total. The van der Waals surface area contributed by atoms with Crippen LogP contribution in [-0.2, 0) is 0 Å². The largest absolute Gasteiger partial charge is 0.393 e. The molecule has 1 aromatic carbocycles. The molecule has 2 heterocycles. The summed E-state index contributed by atoms with van der Waals surface area (Å²) in [5, 5.41) is 9.74. The van der Waals surface area contributed by atoms with Crippen LogP contribution < -0.4 is 0 Å². The molecule has 2 unspecified atom stereocenters. The van der Waals surface area contributed by atoms with Crippen molar-refractivity contribution >= 4 is 5.91 Å². The fourth-order valence-corrected chi connectivity index (χ4v) is 2.96. The van der Waals surface area contributed by atoms with E-state index < -0.39 is 0 Å². The normalized spacial score (nSPS) is 19.9. The molecule has 1 N–H and O–H groups in total. The fraction of sp³-hybridized carbons (Fsp3) is 0.412. The van der Waals surface area contributed by atoms with E-state index in [0.717, 1.165) is 25.1 Å². The van der Waals surface area contributed by atoms with E-state index in [1.807, 2.05) is 39.9 Å². The Morgan fingerprint density at radius 1 is 1.36 bits per heavy atom. The van der Waals surface area contributed by atoms with Gasteiger partial charge in [-0.2, -0.15) is 0 Å². The number of likely N-dealkylation sites (tertiary alicyclic amines) is 1. The van der Waals surface area contributed by atoms with E-state index >= 15 is 0 Å². The minimum atomic E-state index is -0.362. The first-order valence-corrected chi connectivity index (χ1v) is 7.71. The molecule has 1 aliphatic rings. The fourth-order valence-electron chi connectivity index (χ4n) is 2.96. The van der Waals surface area contributed by atoms with Gasteiger partial charge in [0.15, 0.2) is 0 Å². The quantitative estimate of drug-likeness (QED) is 0.944. The predicted octanol–water partition coefficient (Wildman–Crippen LogP) is 2.11. The number of aliphatic hydroxyl groups is 1. The lowest BCUT2D eigenvalue weighted by Gasteiger charge is -2.34. The number of aromatic nitrogens is 2. The van der Waals surface area contributed by atoms with Gasteiger partial charge >= 0.3 is 0 Å². The number of piperidine rings is 1. The van der Waals surface area contributed by atoms with Gasteiger partial charge in [-0.05, 0) is 44.0 Å². The van der Waals surface area contributed by atoms with Crippen LogP contribution in [0.5, 0.6) is 0 Å². The molecule has 5 heteroatoms. The van der Waals surface area contributed by atoms with Crippen LogP contribution >= 0.6 is 0 Å². The third-order valence-corrected chi connectivity index (χ3v) is 4.34. The third-order valence-electron chi connectivity index (χ3n) is 4.34. The van der Waals surface area contributed by atoms with Crippen molar-refractivity contribution in [3.63, 3.8) is 0 Å².